The van der Waals surface area contributed by atoms with Crippen LogP contribution in [-0.2, 0) is 9.53 Å². The third-order valence-corrected chi connectivity index (χ3v) is 1.89. The molecule has 2 nitrogen and oxygen atoms in total. The van der Waals surface area contributed by atoms with Gasteiger partial charge in [-0.2, -0.15) is 0 Å². The first-order valence-electron chi connectivity index (χ1n) is 3.88. The second-order valence-electron chi connectivity index (χ2n) is 2.76. The largest absolute Gasteiger partial charge is 0.381 e. The van der Waals surface area contributed by atoms with Crippen molar-refractivity contribution in [3.63, 3.8) is 0 Å². The average Bonchev–Trinajstić information content (AvgIpc) is 2.07. The van der Waals surface area contributed by atoms with Crippen molar-refractivity contribution in [1.29, 1.82) is 0 Å². The first-order chi connectivity index (χ1) is 5.34. The van der Waals surface area contributed by atoms with Crippen LogP contribution in [0.25, 0.3) is 0 Å². The second-order valence-corrected chi connectivity index (χ2v) is 2.76. The Morgan fingerprint density at radius 1 is 1.73 bits per heavy atom. The fourth-order valence-corrected chi connectivity index (χ4v) is 1.24. The quantitative estimate of drug-likeness (QED) is 0.552. The van der Waals surface area contributed by atoms with Crippen LogP contribution in [0, 0.1) is 18.3 Å². The molecule has 0 aliphatic carbocycles. The molecule has 1 unspecified atom stereocenters. The minimum atomic E-state index is 0.0693. The molecule has 2 heteroatoms. The van der Waals surface area contributed by atoms with E-state index in [1.165, 1.54) is 0 Å². The van der Waals surface area contributed by atoms with Gasteiger partial charge in [-0.15, -0.1) is 6.42 Å². The van der Waals surface area contributed by atoms with E-state index < -0.39 is 0 Å². The highest BCUT2D eigenvalue weighted by Crippen LogP contribution is 2.15. The molecule has 0 radical (unpaired) electrons. The van der Waals surface area contributed by atoms with Crippen LogP contribution < -0.4 is 0 Å². The van der Waals surface area contributed by atoms with E-state index in [0.717, 1.165) is 19.4 Å². The Kier molecular flexibility index (Phi) is 3.13. The maximum atomic E-state index is 11.2. The van der Waals surface area contributed by atoms with Crippen molar-refractivity contribution in [3.8, 4) is 12.3 Å². The molecule has 0 amide bonds. The summed E-state index contributed by atoms with van der Waals surface area (Å²) in [6.45, 7) is 1.36. The van der Waals surface area contributed by atoms with Crippen LogP contribution in [0.5, 0.6) is 0 Å². The van der Waals surface area contributed by atoms with E-state index in [1.54, 1.807) is 0 Å². The van der Waals surface area contributed by atoms with E-state index in [4.69, 9.17) is 11.2 Å². The Balaban J connectivity index is 2.34. The zero-order chi connectivity index (χ0) is 8.10. The molecular weight excluding hydrogens is 140 g/mol. The van der Waals surface area contributed by atoms with Gasteiger partial charge in [-0.05, 0) is 12.8 Å². The van der Waals surface area contributed by atoms with Gasteiger partial charge in [0.2, 0.25) is 0 Å². The second kappa shape index (κ2) is 4.15. The number of hydrogen-bond donors (Lipinski definition) is 0. The van der Waals surface area contributed by atoms with E-state index in [-0.39, 0.29) is 18.1 Å². The first kappa shape index (κ1) is 8.29. The van der Waals surface area contributed by atoms with E-state index in [1.807, 2.05) is 0 Å². The molecule has 60 valence electrons. The third kappa shape index (κ3) is 2.36. The van der Waals surface area contributed by atoms with Crippen molar-refractivity contribution in [2.24, 2.45) is 5.92 Å². The lowest BCUT2D eigenvalue weighted by Crippen LogP contribution is -2.24. The SMILES string of the molecule is C#CCC(=O)C1CCCOC1. The highest BCUT2D eigenvalue weighted by atomic mass is 16.5. The summed E-state index contributed by atoms with van der Waals surface area (Å²) in [4.78, 5) is 11.2. The van der Waals surface area contributed by atoms with Gasteiger partial charge in [-0.3, -0.25) is 4.79 Å². The zero-order valence-electron chi connectivity index (χ0n) is 6.51. The van der Waals surface area contributed by atoms with Gasteiger partial charge in [-0.25, -0.2) is 0 Å². The van der Waals surface area contributed by atoms with Gasteiger partial charge in [0.15, 0.2) is 0 Å². The highest BCUT2D eigenvalue weighted by Gasteiger charge is 2.20. The van der Waals surface area contributed by atoms with Crippen LogP contribution >= 0.6 is 0 Å². The zero-order valence-corrected chi connectivity index (χ0v) is 6.51. The van der Waals surface area contributed by atoms with Gasteiger partial charge in [0.05, 0.1) is 13.0 Å². The summed E-state index contributed by atoms with van der Waals surface area (Å²) in [7, 11) is 0. The van der Waals surface area contributed by atoms with Crippen LogP contribution in [-0.4, -0.2) is 19.0 Å². The number of hydrogen-bond acceptors (Lipinski definition) is 2. The molecular formula is C9H12O2. The lowest BCUT2D eigenvalue weighted by molar-refractivity contribution is -0.125. The van der Waals surface area contributed by atoms with Gasteiger partial charge < -0.3 is 4.74 Å². The van der Waals surface area contributed by atoms with E-state index in [2.05, 4.69) is 5.92 Å². The van der Waals surface area contributed by atoms with E-state index in [0.29, 0.717) is 6.61 Å². The molecule has 0 saturated carbocycles. The van der Waals surface area contributed by atoms with Gasteiger partial charge in [0, 0.05) is 12.5 Å². The van der Waals surface area contributed by atoms with E-state index in [9.17, 15) is 4.79 Å². The van der Waals surface area contributed by atoms with Gasteiger partial charge in [0.1, 0.15) is 5.78 Å². The van der Waals surface area contributed by atoms with Crippen molar-refractivity contribution in [2.75, 3.05) is 13.2 Å². The smallest absolute Gasteiger partial charge is 0.150 e. The summed E-state index contributed by atoms with van der Waals surface area (Å²) < 4.78 is 5.16. The first-order valence-corrected chi connectivity index (χ1v) is 3.88. The summed E-state index contributed by atoms with van der Waals surface area (Å²) in [5.41, 5.74) is 0. The highest BCUT2D eigenvalue weighted by molar-refractivity contribution is 5.83. The predicted molar refractivity (Wildman–Crippen MR) is 42.0 cm³/mol. The number of terminal acetylenes is 1. The summed E-state index contributed by atoms with van der Waals surface area (Å²) in [5, 5.41) is 0. The lowest BCUT2D eigenvalue weighted by Gasteiger charge is -2.19. The Morgan fingerprint density at radius 2 is 2.55 bits per heavy atom. The van der Waals surface area contributed by atoms with Crippen molar-refractivity contribution in [3.05, 3.63) is 0 Å². The van der Waals surface area contributed by atoms with Crippen LogP contribution in [0.2, 0.25) is 0 Å². The fraction of sp³-hybridized carbons (Fsp3) is 0.667. The predicted octanol–water partition coefficient (Wildman–Crippen LogP) is 1.01. The molecule has 0 aromatic rings. The Hall–Kier alpha value is -0.810. The van der Waals surface area contributed by atoms with Crippen molar-refractivity contribution < 1.29 is 9.53 Å². The maximum absolute atomic E-state index is 11.2. The molecule has 1 heterocycles. The molecule has 1 aliphatic heterocycles. The topological polar surface area (TPSA) is 26.3 Å². The Morgan fingerprint density at radius 3 is 3.09 bits per heavy atom. The number of ketones is 1. The molecule has 0 aromatic heterocycles. The van der Waals surface area contributed by atoms with Crippen LogP contribution in [0.15, 0.2) is 0 Å². The fourth-order valence-electron chi connectivity index (χ4n) is 1.24. The molecule has 1 atom stereocenters. The van der Waals surface area contributed by atoms with Crippen molar-refractivity contribution in [2.45, 2.75) is 19.3 Å². The summed E-state index contributed by atoms with van der Waals surface area (Å²) in [6, 6.07) is 0. The number of carbonyl (C=O) groups is 1. The van der Waals surface area contributed by atoms with E-state index >= 15 is 0 Å². The molecule has 1 aliphatic rings. The maximum Gasteiger partial charge on any atom is 0.150 e. The number of ether oxygens (including phenoxy) is 1. The summed E-state index contributed by atoms with van der Waals surface area (Å²) in [6.07, 6.45) is 7.21. The normalized spacial score (nSPS) is 24.1. The molecule has 0 bridgehead atoms. The van der Waals surface area contributed by atoms with Crippen LogP contribution in [0.1, 0.15) is 19.3 Å². The molecule has 0 N–H and O–H groups in total. The van der Waals surface area contributed by atoms with Gasteiger partial charge >= 0.3 is 0 Å². The van der Waals surface area contributed by atoms with Crippen LogP contribution in [0.4, 0.5) is 0 Å². The Labute approximate surface area is 66.9 Å². The molecule has 11 heavy (non-hydrogen) atoms. The Bertz CT molecular complexity index is 172. The third-order valence-electron chi connectivity index (χ3n) is 1.89. The number of rotatable bonds is 2. The average molecular weight is 152 g/mol. The summed E-state index contributed by atoms with van der Waals surface area (Å²) >= 11 is 0. The standard InChI is InChI=1S/C9H12O2/c1-2-4-9(10)8-5-3-6-11-7-8/h1,8H,3-7H2. The summed E-state index contributed by atoms with van der Waals surface area (Å²) in [5.74, 6) is 2.59. The lowest BCUT2D eigenvalue weighted by atomic mass is 9.96. The van der Waals surface area contributed by atoms with Crippen LogP contribution in [0.3, 0.4) is 0 Å². The molecule has 1 fully saturated rings. The van der Waals surface area contributed by atoms with Gasteiger partial charge in [-0.1, -0.05) is 5.92 Å². The number of Topliss-reactive ketones (excluding diaryl/α,β-unsaturated/α-hetero) is 1. The molecule has 0 spiro atoms. The minimum Gasteiger partial charge on any atom is -0.381 e. The van der Waals surface area contributed by atoms with Gasteiger partial charge in [0.25, 0.3) is 0 Å². The minimum absolute atomic E-state index is 0.0693. The molecule has 1 rings (SSSR count). The molecule has 1 saturated heterocycles. The van der Waals surface area contributed by atoms with Crippen molar-refractivity contribution in [1.82, 2.24) is 0 Å². The molecule has 0 aromatic carbocycles. The van der Waals surface area contributed by atoms with Crippen molar-refractivity contribution >= 4 is 5.78 Å². The monoisotopic (exact) mass is 152 g/mol. The number of carbonyl (C=O) groups excluding carboxylic acids is 1.